The first-order valence-electron chi connectivity index (χ1n) is 5.08. The highest BCUT2D eigenvalue weighted by Crippen LogP contribution is 2.27. The topological polar surface area (TPSA) is 24.9 Å². The smallest absolute Gasteiger partial charge is 0.111 e. The normalized spacial score (nSPS) is 22.6. The van der Waals surface area contributed by atoms with Crippen molar-refractivity contribution in [2.45, 2.75) is 26.3 Å². The molecule has 2 rings (SSSR count). The van der Waals surface area contributed by atoms with Crippen LogP contribution in [-0.4, -0.2) is 23.0 Å². The van der Waals surface area contributed by atoms with Gasteiger partial charge in [-0.2, -0.15) is 11.8 Å². The van der Waals surface area contributed by atoms with Crippen molar-refractivity contribution in [1.29, 1.82) is 0 Å². The van der Waals surface area contributed by atoms with E-state index in [1.807, 2.05) is 23.1 Å². The summed E-state index contributed by atoms with van der Waals surface area (Å²) in [4.78, 5) is 6.08. The van der Waals surface area contributed by atoms with Gasteiger partial charge in [-0.05, 0) is 13.3 Å². The number of thioether (sulfide) groups is 1. The number of hydrogen-bond donors (Lipinski definition) is 1. The Morgan fingerprint density at radius 1 is 1.57 bits per heavy atom. The zero-order valence-corrected chi connectivity index (χ0v) is 10.3. The van der Waals surface area contributed by atoms with E-state index in [4.69, 9.17) is 4.98 Å². The molecule has 0 bridgehead atoms. The van der Waals surface area contributed by atoms with Crippen LogP contribution in [0.25, 0.3) is 0 Å². The second kappa shape index (κ2) is 4.64. The zero-order chi connectivity index (χ0) is 9.97. The second-order valence-corrected chi connectivity index (χ2v) is 5.87. The van der Waals surface area contributed by atoms with E-state index in [0.29, 0.717) is 6.04 Å². The Morgan fingerprint density at radius 2 is 2.43 bits per heavy atom. The minimum absolute atomic E-state index is 0.498. The van der Waals surface area contributed by atoms with Crippen LogP contribution in [-0.2, 0) is 6.42 Å². The van der Waals surface area contributed by atoms with Gasteiger partial charge in [0.25, 0.3) is 0 Å². The third-order valence-electron chi connectivity index (χ3n) is 2.46. The first-order valence-corrected chi connectivity index (χ1v) is 7.05. The molecule has 4 heteroatoms. The summed E-state index contributed by atoms with van der Waals surface area (Å²) in [6.07, 6.45) is 1.06. The van der Waals surface area contributed by atoms with Gasteiger partial charge in [0.1, 0.15) is 5.01 Å². The molecule has 1 fully saturated rings. The average molecular weight is 228 g/mol. The van der Waals surface area contributed by atoms with Crippen LogP contribution < -0.4 is 5.32 Å². The van der Waals surface area contributed by atoms with Crippen molar-refractivity contribution < 1.29 is 0 Å². The van der Waals surface area contributed by atoms with Gasteiger partial charge in [0.2, 0.25) is 0 Å². The molecule has 0 spiro atoms. The first kappa shape index (κ1) is 10.5. The second-order valence-electron chi connectivity index (χ2n) is 3.49. The first-order chi connectivity index (χ1) is 6.81. The van der Waals surface area contributed by atoms with Gasteiger partial charge in [-0.1, -0.05) is 6.92 Å². The Labute approximate surface area is 93.5 Å². The number of rotatable bonds is 2. The average Bonchev–Trinajstić information content (AvgIpc) is 2.61. The van der Waals surface area contributed by atoms with Gasteiger partial charge >= 0.3 is 0 Å². The van der Waals surface area contributed by atoms with Crippen LogP contribution in [0.1, 0.15) is 28.5 Å². The van der Waals surface area contributed by atoms with E-state index in [2.05, 4.69) is 19.2 Å². The molecule has 1 N–H and O–H groups in total. The summed E-state index contributed by atoms with van der Waals surface area (Å²) in [7, 11) is 0. The Kier molecular flexibility index (Phi) is 3.47. The third kappa shape index (κ3) is 2.12. The maximum Gasteiger partial charge on any atom is 0.111 e. The number of hydrogen-bond acceptors (Lipinski definition) is 4. The van der Waals surface area contributed by atoms with Crippen molar-refractivity contribution in [3.8, 4) is 0 Å². The van der Waals surface area contributed by atoms with E-state index in [-0.39, 0.29) is 0 Å². The van der Waals surface area contributed by atoms with Gasteiger partial charge in [-0.3, -0.25) is 0 Å². The lowest BCUT2D eigenvalue weighted by molar-refractivity contribution is 0.590. The number of nitrogens with zero attached hydrogens (tertiary/aromatic N) is 1. The lowest BCUT2D eigenvalue weighted by Crippen LogP contribution is -2.30. The molecule has 0 amide bonds. The van der Waals surface area contributed by atoms with Crippen molar-refractivity contribution >= 4 is 23.1 Å². The molecular formula is C10H16N2S2. The van der Waals surface area contributed by atoms with Gasteiger partial charge < -0.3 is 5.32 Å². The largest absolute Gasteiger partial charge is 0.306 e. The summed E-state index contributed by atoms with van der Waals surface area (Å²) in [6, 6.07) is 0.498. The lowest BCUT2D eigenvalue weighted by Gasteiger charge is -2.20. The van der Waals surface area contributed by atoms with E-state index in [1.165, 1.54) is 27.1 Å². The lowest BCUT2D eigenvalue weighted by atomic mass is 10.3. The van der Waals surface area contributed by atoms with Crippen molar-refractivity contribution in [1.82, 2.24) is 10.3 Å². The molecule has 2 nitrogen and oxygen atoms in total. The highest BCUT2D eigenvalue weighted by atomic mass is 32.2. The van der Waals surface area contributed by atoms with Crippen LogP contribution in [0.2, 0.25) is 0 Å². The fraction of sp³-hybridized carbons (Fsp3) is 0.700. The quantitative estimate of drug-likeness (QED) is 0.841. The fourth-order valence-corrected chi connectivity index (χ4v) is 3.78. The van der Waals surface area contributed by atoms with Crippen molar-refractivity contribution in [3.63, 3.8) is 0 Å². The minimum Gasteiger partial charge on any atom is -0.306 e. The molecule has 1 aromatic heterocycles. The van der Waals surface area contributed by atoms with Crippen molar-refractivity contribution in [2.75, 3.05) is 18.1 Å². The fourth-order valence-electron chi connectivity index (χ4n) is 1.65. The predicted octanol–water partition coefficient (Wildman–Crippen LogP) is 2.39. The van der Waals surface area contributed by atoms with Crippen molar-refractivity contribution in [3.05, 3.63) is 15.6 Å². The number of aryl methyl sites for hydroxylation is 2. The summed E-state index contributed by atoms with van der Waals surface area (Å²) < 4.78 is 0. The summed E-state index contributed by atoms with van der Waals surface area (Å²) in [5, 5.41) is 4.81. The van der Waals surface area contributed by atoms with Crippen LogP contribution in [0, 0.1) is 6.92 Å². The standard InChI is InChI=1S/C10H16N2S2/c1-3-8-7(2)14-10(12-8)9-6-13-5-4-11-9/h9,11H,3-6H2,1-2H3. The van der Waals surface area contributed by atoms with E-state index in [1.54, 1.807) is 0 Å². The minimum atomic E-state index is 0.498. The Morgan fingerprint density at radius 3 is 3.00 bits per heavy atom. The maximum atomic E-state index is 4.69. The van der Waals surface area contributed by atoms with Gasteiger partial charge in [0.05, 0.1) is 11.7 Å². The van der Waals surface area contributed by atoms with Crippen LogP contribution in [0.15, 0.2) is 0 Å². The highest BCUT2D eigenvalue weighted by Gasteiger charge is 2.19. The zero-order valence-electron chi connectivity index (χ0n) is 8.67. The monoisotopic (exact) mass is 228 g/mol. The maximum absolute atomic E-state index is 4.69. The van der Waals surface area contributed by atoms with Gasteiger partial charge in [0, 0.05) is 22.9 Å². The third-order valence-corrected chi connectivity index (χ3v) is 4.65. The molecule has 0 aromatic carbocycles. The van der Waals surface area contributed by atoms with E-state index in [0.717, 1.165) is 13.0 Å². The Balaban J connectivity index is 2.14. The molecule has 78 valence electrons. The van der Waals surface area contributed by atoms with Gasteiger partial charge in [-0.25, -0.2) is 4.98 Å². The molecule has 1 saturated heterocycles. The Hall–Kier alpha value is -0.0600. The summed E-state index contributed by atoms with van der Waals surface area (Å²) in [6.45, 7) is 5.47. The molecule has 1 aromatic rings. The molecule has 2 heterocycles. The van der Waals surface area contributed by atoms with Crippen LogP contribution in [0.4, 0.5) is 0 Å². The molecule has 0 aliphatic carbocycles. The molecule has 1 aliphatic heterocycles. The van der Waals surface area contributed by atoms with Crippen LogP contribution in [0.3, 0.4) is 0 Å². The van der Waals surface area contributed by atoms with Crippen LogP contribution >= 0.6 is 23.1 Å². The molecule has 1 unspecified atom stereocenters. The Bertz CT molecular complexity index is 303. The molecule has 1 atom stereocenters. The highest BCUT2D eigenvalue weighted by molar-refractivity contribution is 7.99. The number of thiazole rings is 1. The number of nitrogens with one attached hydrogen (secondary N) is 1. The SMILES string of the molecule is CCc1nc(C2CSCCN2)sc1C. The predicted molar refractivity (Wildman–Crippen MR) is 64.3 cm³/mol. The summed E-state index contributed by atoms with van der Waals surface area (Å²) in [5.41, 5.74) is 1.28. The molecular weight excluding hydrogens is 212 g/mol. The van der Waals surface area contributed by atoms with Crippen LogP contribution in [0.5, 0.6) is 0 Å². The van der Waals surface area contributed by atoms with E-state index < -0.39 is 0 Å². The summed E-state index contributed by atoms with van der Waals surface area (Å²) >= 11 is 3.88. The molecule has 14 heavy (non-hydrogen) atoms. The molecule has 1 aliphatic rings. The van der Waals surface area contributed by atoms with Gasteiger partial charge in [0.15, 0.2) is 0 Å². The number of aromatic nitrogens is 1. The van der Waals surface area contributed by atoms with Gasteiger partial charge in [-0.15, -0.1) is 11.3 Å². The molecule has 0 radical (unpaired) electrons. The molecule has 0 saturated carbocycles. The van der Waals surface area contributed by atoms with E-state index >= 15 is 0 Å². The van der Waals surface area contributed by atoms with Crippen molar-refractivity contribution in [2.24, 2.45) is 0 Å². The van der Waals surface area contributed by atoms with E-state index in [9.17, 15) is 0 Å². The summed E-state index contributed by atoms with van der Waals surface area (Å²) in [5.74, 6) is 2.41.